The molecule has 0 aliphatic heterocycles. The van der Waals surface area contributed by atoms with Crippen LogP contribution in [0, 0.1) is 0 Å². The quantitative estimate of drug-likeness (QED) is 0.470. The van der Waals surface area contributed by atoms with Crippen LogP contribution in [0.15, 0.2) is 18.2 Å². The van der Waals surface area contributed by atoms with E-state index in [9.17, 15) is 9.59 Å². The van der Waals surface area contributed by atoms with Crippen molar-refractivity contribution in [3.63, 3.8) is 0 Å². The second kappa shape index (κ2) is 6.90. The van der Waals surface area contributed by atoms with Gasteiger partial charge >= 0.3 is 5.97 Å². The highest BCUT2D eigenvalue weighted by Crippen LogP contribution is 2.21. The second-order valence-electron chi connectivity index (χ2n) is 3.67. The molecule has 3 nitrogen and oxygen atoms in total. The topological polar surface area (TPSA) is 43.4 Å². The highest BCUT2D eigenvalue weighted by Gasteiger charge is 2.21. The Bertz CT molecular complexity index is 458. The summed E-state index contributed by atoms with van der Waals surface area (Å²) in [6.07, 6.45) is 0. The second-order valence-corrected chi connectivity index (χ2v) is 4.88. The molecule has 18 heavy (non-hydrogen) atoms. The van der Waals surface area contributed by atoms with Gasteiger partial charge in [-0.3, -0.25) is 4.79 Å². The summed E-state index contributed by atoms with van der Waals surface area (Å²) in [5.41, 5.74) is 1.48. The van der Waals surface area contributed by atoms with E-state index in [1.54, 1.807) is 32.0 Å². The molecule has 0 aliphatic rings. The SMILES string of the molecule is CCOC(=O)c1cccc(C(=O)C(C)Cl)c1CBr. The molecule has 5 heteroatoms. The molecule has 1 aromatic rings. The molecule has 0 saturated heterocycles. The van der Waals surface area contributed by atoms with Crippen molar-refractivity contribution < 1.29 is 14.3 Å². The van der Waals surface area contributed by atoms with Crippen molar-refractivity contribution in [1.82, 2.24) is 0 Å². The molecule has 0 saturated carbocycles. The molecule has 0 heterocycles. The third-order valence-corrected chi connectivity index (χ3v) is 3.19. The van der Waals surface area contributed by atoms with Gasteiger partial charge in [-0.25, -0.2) is 4.79 Å². The fraction of sp³-hybridized carbons (Fsp3) is 0.385. The van der Waals surface area contributed by atoms with Crippen LogP contribution in [0.25, 0.3) is 0 Å². The number of carbonyl (C=O) groups is 2. The molecule has 0 aliphatic carbocycles. The summed E-state index contributed by atoms with van der Waals surface area (Å²) in [6, 6.07) is 4.97. The van der Waals surface area contributed by atoms with Crippen molar-refractivity contribution in [2.24, 2.45) is 0 Å². The van der Waals surface area contributed by atoms with Gasteiger partial charge in [-0.2, -0.15) is 0 Å². The Morgan fingerprint density at radius 3 is 2.50 bits per heavy atom. The minimum Gasteiger partial charge on any atom is -0.462 e. The first kappa shape index (κ1) is 15.2. The van der Waals surface area contributed by atoms with E-state index in [4.69, 9.17) is 16.3 Å². The minimum atomic E-state index is -0.625. The van der Waals surface area contributed by atoms with Gasteiger partial charge in [0, 0.05) is 10.9 Å². The minimum absolute atomic E-state index is 0.197. The van der Waals surface area contributed by atoms with E-state index >= 15 is 0 Å². The van der Waals surface area contributed by atoms with Crippen molar-refractivity contribution in [3.05, 3.63) is 34.9 Å². The maximum atomic E-state index is 12.0. The van der Waals surface area contributed by atoms with Crippen molar-refractivity contribution in [2.75, 3.05) is 6.61 Å². The van der Waals surface area contributed by atoms with Crippen LogP contribution in [-0.2, 0) is 10.1 Å². The Balaban J connectivity index is 3.26. The number of esters is 1. The summed E-state index contributed by atoms with van der Waals surface area (Å²) < 4.78 is 4.96. The zero-order chi connectivity index (χ0) is 13.7. The number of benzene rings is 1. The van der Waals surface area contributed by atoms with Gasteiger partial charge in [0.05, 0.1) is 17.5 Å². The molecule has 98 valence electrons. The smallest absolute Gasteiger partial charge is 0.338 e. The number of halogens is 2. The Morgan fingerprint density at radius 1 is 1.39 bits per heavy atom. The first-order valence-electron chi connectivity index (χ1n) is 5.56. The molecule has 0 bridgehead atoms. The highest BCUT2D eigenvalue weighted by atomic mass is 79.9. The number of hydrogen-bond donors (Lipinski definition) is 0. The summed E-state index contributed by atoms with van der Waals surface area (Å²) in [7, 11) is 0. The lowest BCUT2D eigenvalue weighted by molar-refractivity contribution is 0.0525. The first-order chi connectivity index (χ1) is 8.52. The van der Waals surface area contributed by atoms with Gasteiger partial charge in [0.1, 0.15) is 0 Å². The normalized spacial score (nSPS) is 12.0. The molecule has 1 unspecified atom stereocenters. The van der Waals surface area contributed by atoms with E-state index in [1.807, 2.05) is 0 Å². The number of Topliss-reactive ketones (excluding diaryl/α,β-unsaturated/α-hetero) is 1. The predicted molar refractivity (Wildman–Crippen MR) is 74.7 cm³/mol. The summed E-state index contributed by atoms with van der Waals surface area (Å²) in [5, 5.41) is -0.229. The molecule has 0 radical (unpaired) electrons. The lowest BCUT2D eigenvalue weighted by Crippen LogP contribution is -2.16. The predicted octanol–water partition coefficient (Wildman–Crippen LogP) is 3.57. The zero-order valence-corrected chi connectivity index (χ0v) is 12.5. The fourth-order valence-electron chi connectivity index (χ4n) is 1.58. The average molecular weight is 334 g/mol. The molecule has 1 atom stereocenters. The lowest BCUT2D eigenvalue weighted by atomic mass is 9.98. The number of rotatable bonds is 5. The van der Waals surface area contributed by atoms with Gasteiger partial charge in [-0.1, -0.05) is 28.1 Å². The zero-order valence-electron chi connectivity index (χ0n) is 10.2. The van der Waals surface area contributed by atoms with Crippen LogP contribution in [0.4, 0.5) is 0 Å². The number of ether oxygens (including phenoxy) is 1. The summed E-state index contributed by atoms with van der Waals surface area (Å²) >= 11 is 9.10. The monoisotopic (exact) mass is 332 g/mol. The van der Waals surface area contributed by atoms with Gasteiger partial charge in [-0.15, -0.1) is 11.6 Å². The van der Waals surface area contributed by atoms with E-state index < -0.39 is 11.3 Å². The Hall–Kier alpha value is -0.870. The van der Waals surface area contributed by atoms with Gasteiger partial charge in [0.25, 0.3) is 0 Å². The summed E-state index contributed by atoms with van der Waals surface area (Å²) in [4.78, 5) is 23.7. The lowest BCUT2D eigenvalue weighted by Gasteiger charge is -2.12. The number of hydrogen-bond acceptors (Lipinski definition) is 3. The maximum absolute atomic E-state index is 12.0. The van der Waals surface area contributed by atoms with Crippen LogP contribution in [-0.4, -0.2) is 23.7 Å². The van der Waals surface area contributed by atoms with Crippen LogP contribution in [0.1, 0.15) is 40.1 Å². The number of ketones is 1. The van der Waals surface area contributed by atoms with E-state index in [1.165, 1.54) is 0 Å². The van der Waals surface area contributed by atoms with Gasteiger partial charge in [-0.05, 0) is 25.5 Å². The third kappa shape index (κ3) is 3.33. The van der Waals surface area contributed by atoms with E-state index in [0.29, 0.717) is 28.6 Å². The van der Waals surface area contributed by atoms with Crippen LogP contribution in [0.3, 0.4) is 0 Å². The maximum Gasteiger partial charge on any atom is 0.338 e. The Labute approximate surface area is 120 Å². The Kier molecular flexibility index (Phi) is 5.82. The standard InChI is InChI=1S/C13H14BrClO3/c1-3-18-13(17)10-6-4-5-9(11(10)7-14)12(16)8(2)15/h4-6,8H,3,7H2,1-2H3. The molecule has 1 aromatic carbocycles. The molecule has 0 spiro atoms. The van der Waals surface area contributed by atoms with E-state index in [0.717, 1.165) is 0 Å². The molecule has 0 amide bonds. The van der Waals surface area contributed by atoms with E-state index in [-0.39, 0.29) is 5.78 Å². The Morgan fingerprint density at radius 2 is 2.00 bits per heavy atom. The van der Waals surface area contributed by atoms with Crippen molar-refractivity contribution in [3.8, 4) is 0 Å². The van der Waals surface area contributed by atoms with Gasteiger partial charge in [0.2, 0.25) is 0 Å². The molecule has 1 rings (SSSR count). The molecule has 0 fully saturated rings. The molecular formula is C13H14BrClO3. The number of carbonyl (C=O) groups excluding carboxylic acids is 2. The average Bonchev–Trinajstić information content (AvgIpc) is 2.36. The summed E-state index contributed by atoms with van der Waals surface area (Å²) in [5.74, 6) is -0.624. The van der Waals surface area contributed by atoms with Gasteiger partial charge < -0.3 is 4.74 Å². The number of alkyl halides is 2. The van der Waals surface area contributed by atoms with Crippen LogP contribution < -0.4 is 0 Å². The highest BCUT2D eigenvalue weighted by molar-refractivity contribution is 9.08. The van der Waals surface area contributed by atoms with Crippen LogP contribution in [0.5, 0.6) is 0 Å². The van der Waals surface area contributed by atoms with Crippen molar-refractivity contribution in [2.45, 2.75) is 24.6 Å². The largest absolute Gasteiger partial charge is 0.462 e. The molecular weight excluding hydrogens is 319 g/mol. The van der Waals surface area contributed by atoms with Gasteiger partial charge in [0.15, 0.2) is 5.78 Å². The molecule has 0 N–H and O–H groups in total. The fourth-order valence-corrected chi connectivity index (χ4v) is 2.30. The van der Waals surface area contributed by atoms with Crippen molar-refractivity contribution in [1.29, 1.82) is 0 Å². The molecule has 0 aromatic heterocycles. The van der Waals surface area contributed by atoms with E-state index in [2.05, 4.69) is 15.9 Å². The summed E-state index contributed by atoms with van der Waals surface area (Å²) in [6.45, 7) is 3.64. The van der Waals surface area contributed by atoms with Crippen LogP contribution in [0.2, 0.25) is 0 Å². The van der Waals surface area contributed by atoms with Crippen molar-refractivity contribution >= 4 is 39.3 Å². The first-order valence-corrected chi connectivity index (χ1v) is 7.12. The third-order valence-electron chi connectivity index (χ3n) is 2.43. The van der Waals surface area contributed by atoms with Crippen LogP contribution >= 0.6 is 27.5 Å².